The van der Waals surface area contributed by atoms with E-state index in [1.54, 1.807) is 0 Å². The molecule has 0 bridgehead atoms. The quantitative estimate of drug-likeness (QED) is 0.898. The molecule has 104 valence electrons. The van der Waals surface area contributed by atoms with Gasteiger partial charge in [0, 0.05) is 25.2 Å². The normalized spacial score (nSPS) is 27.9. The highest BCUT2D eigenvalue weighted by molar-refractivity contribution is 5.71. The Morgan fingerprint density at radius 1 is 1.42 bits per heavy atom. The Morgan fingerprint density at radius 2 is 2.16 bits per heavy atom. The van der Waals surface area contributed by atoms with Crippen LogP contribution in [0.15, 0.2) is 4.52 Å². The van der Waals surface area contributed by atoms with E-state index < -0.39 is 5.97 Å². The highest BCUT2D eigenvalue weighted by Crippen LogP contribution is 2.44. The highest BCUT2D eigenvalue weighted by Gasteiger charge is 2.45. The van der Waals surface area contributed by atoms with E-state index >= 15 is 0 Å². The van der Waals surface area contributed by atoms with E-state index in [2.05, 4.69) is 10.1 Å². The Morgan fingerprint density at radius 3 is 2.68 bits per heavy atom. The number of carboxylic acids is 1. The molecule has 1 saturated carbocycles. The van der Waals surface area contributed by atoms with Gasteiger partial charge in [-0.3, -0.25) is 9.69 Å². The average Bonchev–Trinajstić information content (AvgIpc) is 3.05. The molecule has 1 aliphatic heterocycles. The molecule has 2 atom stereocenters. The van der Waals surface area contributed by atoms with Gasteiger partial charge in [-0.05, 0) is 38.5 Å². The van der Waals surface area contributed by atoms with E-state index in [9.17, 15) is 9.90 Å². The predicted molar refractivity (Wildman–Crippen MR) is 68.6 cm³/mol. The van der Waals surface area contributed by atoms with Gasteiger partial charge in [-0.2, -0.15) is 0 Å². The fourth-order valence-corrected chi connectivity index (χ4v) is 3.26. The summed E-state index contributed by atoms with van der Waals surface area (Å²) in [6, 6.07) is 0. The van der Waals surface area contributed by atoms with Crippen LogP contribution in [0.2, 0.25) is 0 Å². The second-order valence-corrected chi connectivity index (χ2v) is 5.94. The van der Waals surface area contributed by atoms with E-state index in [0.29, 0.717) is 18.4 Å². The third-order valence-electron chi connectivity index (χ3n) is 4.55. The van der Waals surface area contributed by atoms with Crippen molar-refractivity contribution in [3.05, 3.63) is 17.0 Å². The Hall–Kier alpha value is -1.36. The zero-order chi connectivity index (χ0) is 13.6. The molecule has 1 saturated heterocycles. The second-order valence-electron chi connectivity index (χ2n) is 5.94. The molecule has 5 nitrogen and oxygen atoms in total. The Balaban J connectivity index is 1.71. The summed E-state index contributed by atoms with van der Waals surface area (Å²) in [5.41, 5.74) is 2.03. The van der Waals surface area contributed by atoms with E-state index in [-0.39, 0.29) is 5.92 Å². The molecule has 0 radical (unpaired) electrons. The van der Waals surface area contributed by atoms with Gasteiger partial charge in [-0.1, -0.05) is 5.16 Å². The summed E-state index contributed by atoms with van der Waals surface area (Å²) in [6.45, 7) is 6.16. The first-order valence-electron chi connectivity index (χ1n) is 6.93. The lowest BCUT2D eigenvalue weighted by atomic mass is 9.92. The number of aryl methyl sites for hydroxylation is 2. The van der Waals surface area contributed by atoms with E-state index in [0.717, 1.165) is 30.1 Å². The molecule has 0 aromatic carbocycles. The standard InChI is InChI=1S/C14H20N2O3/c1-8-11(9(2)19-15-8)5-16-6-12(10-3-4-10)13(7-16)14(17)18/h10,12-13H,3-7H2,1-2H3,(H,17,18)/t12-,13+/m1/s1. The van der Waals surface area contributed by atoms with Crippen molar-refractivity contribution in [2.75, 3.05) is 13.1 Å². The first-order chi connectivity index (χ1) is 9.06. The molecule has 19 heavy (non-hydrogen) atoms. The average molecular weight is 264 g/mol. The third kappa shape index (κ3) is 2.39. The predicted octanol–water partition coefficient (Wildman–Crippen LogP) is 1.83. The molecule has 0 unspecified atom stereocenters. The lowest BCUT2D eigenvalue weighted by Crippen LogP contribution is -2.24. The summed E-state index contributed by atoms with van der Waals surface area (Å²) in [7, 11) is 0. The Bertz CT molecular complexity index is 473. The number of aromatic nitrogens is 1. The third-order valence-corrected chi connectivity index (χ3v) is 4.55. The van der Waals surface area contributed by atoms with Crippen LogP contribution < -0.4 is 0 Å². The maximum atomic E-state index is 11.4. The lowest BCUT2D eigenvalue weighted by molar-refractivity contribution is -0.142. The minimum atomic E-state index is -0.641. The monoisotopic (exact) mass is 264 g/mol. The van der Waals surface area contributed by atoms with Crippen molar-refractivity contribution in [3.8, 4) is 0 Å². The molecule has 1 aromatic heterocycles. The molecule has 5 heteroatoms. The van der Waals surface area contributed by atoms with E-state index in [1.807, 2.05) is 13.8 Å². The second kappa shape index (κ2) is 4.63. The number of hydrogen-bond donors (Lipinski definition) is 1. The summed E-state index contributed by atoms with van der Waals surface area (Å²) in [5.74, 6) is 0.971. The van der Waals surface area contributed by atoms with Crippen LogP contribution in [0.5, 0.6) is 0 Å². The minimum Gasteiger partial charge on any atom is -0.481 e. The first kappa shape index (κ1) is 12.7. The fraction of sp³-hybridized carbons (Fsp3) is 0.714. The number of carbonyl (C=O) groups is 1. The van der Waals surface area contributed by atoms with Crippen molar-refractivity contribution in [1.82, 2.24) is 10.1 Å². The van der Waals surface area contributed by atoms with Crippen LogP contribution in [0.1, 0.15) is 29.9 Å². The van der Waals surface area contributed by atoms with Gasteiger partial charge in [0.15, 0.2) is 0 Å². The van der Waals surface area contributed by atoms with Crippen molar-refractivity contribution in [3.63, 3.8) is 0 Å². The summed E-state index contributed by atoms with van der Waals surface area (Å²) < 4.78 is 5.17. The van der Waals surface area contributed by atoms with Gasteiger partial charge < -0.3 is 9.63 Å². The van der Waals surface area contributed by atoms with Gasteiger partial charge >= 0.3 is 5.97 Å². The Kier molecular flexibility index (Phi) is 3.09. The van der Waals surface area contributed by atoms with Crippen LogP contribution in [0.25, 0.3) is 0 Å². The smallest absolute Gasteiger partial charge is 0.308 e. The summed E-state index contributed by atoms with van der Waals surface area (Å²) in [6.07, 6.45) is 2.40. The van der Waals surface area contributed by atoms with Crippen molar-refractivity contribution >= 4 is 5.97 Å². The van der Waals surface area contributed by atoms with Crippen LogP contribution in [-0.4, -0.2) is 34.2 Å². The summed E-state index contributed by atoms with van der Waals surface area (Å²) >= 11 is 0. The molecular weight excluding hydrogens is 244 g/mol. The van der Waals surface area contributed by atoms with Gasteiger partial charge in [-0.25, -0.2) is 0 Å². The molecule has 1 aromatic rings. The topological polar surface area (TPSA) is 66.6 Å². The SMILES string of the molecule is Cc1noc(C)c1CN1C[C@H](C(=O)O)[C@@H](C2CC2)C1. The maximum absolute atomic E-state index is 11.4. The molecule has 2 heterocycles. The van der Waals surface area contributed by atoms with Crippen molar-refractivity contribution < 1.29 is 14.4 Å². The number of nitrogens with zero attached hydrogens (tertiary/aromatic N) is 2. The van der Waals surface area contributed by atoms with Crippen LogP contribution in [0, 0.1) is 31.6 Å². The molecule has 2 fully saturated rings. The van der Waals surface area contributed by atoms with Gasteiger partial charge in [0.25, 0.3) is 0 Å². The molecule has 0 amide bonds. The van der Waals surface area contributed by atoms with Crippen LogP contribution >= 0.6 is 0 Å². The van der Waals surface area contributed by atoms with Crippen LogP contribution in [-0.2, 0) is 11.3 Å². The molecule has 0 spiro atoms. The molecule has 1 N–H and O–H groups in total. The first-order valence-corrected chi connectivity index (χ1v) is 6.93. The fourth-order valence-electron chi connectivity index (χ4n) is 3.26. The lowest BCUT2D eigenvalue weighted by Gasteiger charge is -2.15. The van der Waals surface area contributed by atoms with Gasteiger partial charge in [0.05, 0.1) is 11.6 Å². The molecular formula is C14H20N2O3. The molecule has 3 rings (SSSR count). The summed E-state index contributed by atoms with van der Waals surface area (Å²) in [5, 5.41) is 13.3. The molecule has 1 aliphatic carbocycles. The minimum absolute atomic E-state index is 0.201. The van der Waals surface area contributed by atoms with E-state index in [4.69, 9.17) is 4.52 Å². The van der Waals surface area contributed by atoms with Crippen LogP contribution in [0.4, 0.5) is 0 Å². The largest absolute Gasteiger partial charge is 0.481 e. The zero-order valence-corrected chi connectivity index (χ0v) is 11.4. The van der Waals surface area contributed by atoms with Crippen molar-refractivity contribution in [2.45, 2.75) is 33.2 Å². The van der Waals surface area contributed by atoms with Gasteiger partial charge in [-0.15, -0.1) is 0 Å². The number of hydrogen-bond acceptors (Lipinski definition) is 4. The molecule has 2 aliphatic rings. The van der Waals surface area contributed by atoms with Crippen molar-refractivity contribution in [1.29, 1.82) is 0 Å². The Labute approximate surface area is 112 Å². The maximum Gasteiger partial charge on any atom is 0.308 e. The number of aliphatic carboxylic acids is 1. The zero-order valence-electron chi connectivity index (χ0n) is 11.4. The van der Waals surface area contributed by atoms with Crippen LogP contribution in [0.3, 0.4) is 0 Å². The summed E-state index contributed by atoms with van der Waals surface area (Å²) in [4.78, 5) is 13.6. The van der Waals surface area contributed by atoms with E-state index in [1.165, 1.54) is 12.8 Å². The van der Waals surface area contributed by atoms with Crippen molar-refractivity contribution in [2.24, 2.45) is 17.8 Å². The number of carboxylic acid groups (broad SMARTS) is 1. The van der Waals surface area contributed by atoms with Gasteiger partial charge in [0.1, 0.15) is 5.76 Å². The highest BCUT2D eigenvalue weighted by atomic mass is 16.5. The van der Waals surface area contributed by atoms with Gasteiger partial charge in [0.2, 0.25) is 0 Å². The number of rotatable bonds is 4. The number of likely N-dealkylation sites (tertiary alicyclic amines) is 1.